The lowest BCUT2D eigenvalue weighted by atomic mass is 9.99. The second-order valence-corrected chi connectivity index (χ2v) is 7.00. The summed E-state index contributed by atoms with van der Waals surface area (Å²) in [6.07, 6.45) is 7.67. The third-order valence-corrected chi connectivity index (χ3v) is 5.08. The van der Waals surface area contributed by atoms with Gasteiger partial charge in [-0.25, -0.2) is 4.79 Å². The molecule has 1 aliphatic heterocycles. The Bertz CT molecular complexity index is 663. The van der Waals surface area contributed by atoms with Crippen molar-refractivity contribution in [2.75, 3.05) is 19.6 Å². The van der Waals surface area contributed by atoms with E-state index < -0.39 is 0 Å². The van der Waals surface area contributed by atoms with Crippen LogP contribution in [0.3, 0.4) is 0 Å². The van der Waals surface area contributed by atoms with Gasteiger partial charge >= 0.3 is 6.03 Å². The first-order valence-electron chi connectivity index (χ1n) is 9.42. The van der Waals surface area contributed by atoms with Crippen molar-refractivity contribution in [3.8, 4) is 5.75 Å². The van der Waals surface area contributed by atoms with Gasteiger partial charge in [-0.2, -0.15) is 0 Å². The standard InChI is InChI=1S/C20H27N3O3/c24-18-7-5-15(6-8-18)16-10-13-23(14-11-16)20(26)21-12-9-19(25)22-17-3-1-2-4-17/h5-8,10,17,24H,1-4,9,11-14H2,(H,21,26)(H,22,25). The fourth-order valence-electron chi connectivity index (χ4n) is 3.56. The summed E-state index contributed by atoms with van der Waals surface area (Å²) in [7, 11) is 0. The maximum absolute atomic E-state index is 12.2. The van der Waals surface area contributed by atoms with Gasteiger partial charge in [0.1, 0.15) is 5.75 Å². The van der Waals surface area contributed by atoms with Gasteiger partial charge in [0.05, 0.1) is 0 Å². The van der Waals surface area contributed by atoms with E-state index in [9.17, 15) is 14.7 Å². The molecule has 6 heteroatoms. The Balaban J connectivity index is 1.39. The van der Waals surface area contributed by atoms with Crippen molar-refractivity contribution in [2.45, 2.75) is 44.6 Å². The Kier molecular flexibility index (Phi) is 6.15. The summed E-state index contributed by atoms with van der Waals surface area (Å²) < 4.78 is 0. The van der Waals surface area contributed by atoms with Crippen LogP contribution in [0.25, 0.3) is 5.57 Å². The molecular formula is C20H27N3O3. The van der Waals surface area contributed by atoms with Crippen molar-refractivity contribution in [1.29, 1.82) is 0 Å². The molecule has 1 saturated carbocycles. The van der Waals surface area contributed by atoms with E-state index in [2.05, 4.69) is 10.6 Å². The molecule has 0 spiro atoms. The molecule has 0 atom stereocenters. The monoisotopic (exact) mass is 357 g/mol. The molecule has 6 nitrogen and oxygen atoms in total. The average Bonchev–Trinajstić information content (AvgIpc) is 3.15. The minimum Gasteiger partial charge on any atom is -0.508 e. The first-order chi connectivity index (χ1) is 12.6. The zero-order valence-electron chi connectivity index (χ0n) is 15.0. The molecule has 3 amide bonds. The molecule has 140 valence electrons. The molecule has 1 aromatic carbocycles. The Hall–Kier alpha value is -2.50. The van der Waals surface area contributed by atoms with Crippen LogP contribution >= 0.6 is 0 Å². The minimum atomic E-state index is -0.125. The molecule has 1 fully saturated rings. The molecule has 1 aliphatic carbocycles. The highest BCUT2D eigenvalue weighted by atomic mass is 16.3. The Morgan fingerprint density at radius 3 is 2.54 bits per heavy atom. The van der Waals surface area contributed by atoms with Gasteiger partial charge in [-0.1, -0.05) is 31.1 Å². The highest BCUT2D eigenvalue weighted by Crippen LogP contribution is 2.24. The van der Waals surface area contributed by atoms with Crippen LogP contribution in [0.15, 0.2) is 30.3 Å². The molecule has 0 radical (unpaired) electrons. The summed E-state index contributed by atoms with van der Waals surface area (Å²) in [5, 5.41) is 15.2. The summed E-state index contributed by atoms with van der Waals surface area (Å²) in [5.41, 5.74) is 2.26. The van der Waals surface area contributed by atoms with Crippen LogP contribution in [0.1, 0.15) is 44.1 Å². The zero-order chi connectivity index (χ0) is 18.4. The van der Waals surface area contributed by atoms with Crippen molar-refractivity contribution in [1.82, 2.24) is 15.5 Å². The molecule has 0 saturated heterocycles. The van der Waals surface area contributed by atoms with Gasteiger partial charge in [0.15, 0.2) is 0 Å². The molecule has 2 aliphatic rings. The molecule has 3 N–H and O–H groups in total. The van der Waals surface area contributed by atoms with Gasteiger partial charge < -0.3 is 20.6 Å². The number of benzene rings is 1. The second-order valence-electron chi connectivity index (χ2n) is 7.00. The second kappa shape index (κ2) is 8.74. The van der Waals surface area contributed by atoms with Gasteiger partial charge in [-0.15, -0.1) is 0 Å². The molecule has 1 aromatic rings. The van der Waals surface area contributed by atoms with E-state index in [1.54, 1.807) is 17.0 Å². The predicted molar refractivity (Wildman–Crippen MR) is 101 cm³/mol. The number of nitrogens with one attached hydrogen (secondary N) is 2. The van der Waals surface area contributed by atoms with E-state index in [4.69, 9.17) is 0 Å². The third kappa shape index (κ3) is 5.00. The lowest BCUT2D eigenvalue weighted by Gasteiger charge is -2.27. The van der Waals surface area contributed by atoms with E-state index >= 15 is 0 Å². The van der Waals surface area contributed by atoms with Crippen LogP contribution in [-0.4, -0.2) is 47.6 Å². The van der Waals surface area contributed by atoms with Crippen LogP contribution in [0.2, 0.25) is 0 Å². The van der Waals surface area contributed by atoms with Gasteiger partial charge in [0, 0.05) is 32.1 Å². The van der Waals surface area contributed by atoms with E-state index in [0.29, 0.717) is 32.1 Å². The van der Waals surface area contributed by atoms with Crippen LogP contribution in [0.5, 0.6) is 5.75 Å². The van der Waals surface area contributed by atoms with Gasteiger partial charge in [-0.3, -0.25) is 4.79 Å². The van der Waals surface area contributed by atoms with Crippen LogP contribution in [-0.2, 0) is 4.79 Å². The number of rotatable bonds is 5. The summed E-state index contributed by atoms with van der Waals surface area (Å²) in [5.74, 6) is 0.272. The van der Waals surface area contributed by atoms with Crippen LogP contribution < -0.4 is 10.6 Å². The van der Waals surface area contributed by atoms with Gasteiger partial charge in [0.2, 0.25) is 5.91 Å². The van der Waals surface area contributed by atoms with Crippen molar-refractivity contribution in [3.05, 3.63) is 35.9 Å². The zero-order valence-corrected chi connectivity index (χ0v) is 15.0. The smallest absolute Gasteiger partial charge is 0.317 e. The number of amides is 3. The predicted octanol–water partition coefficient (Wildman–Crippen LogP) is 2.64. The summed E-state index contributed by atoms with van der Waals surface area (Å²) >= 11 is 0. The van der Waals surface area contributed by atoms with Crippen molar-refractivity contribution in [3.63, 3.8) is 0 Å². The van der Waals surface area contributed by atoms with Crippen molar-refractivity contribution >= 4 is 17.5 Å². The maximum Gasteiger partial charge on any atom is 0.317 e. The molecule has 0 bridgehead atoms. The number of phenols is 1. The quantitative estimate of drug-likeness (QED) is 0.758. The summed E-state index contributed by atoms with van der Waals surface area (Å²) in [6, 6.07) is 7.32. The topological polar surface area (TPSA) is 81.7 Å². The molecule has 1 heterocycles. The van der Waals surface area contributed by atoms with E-state index in [-0.39, 0.29) is 17.7 Å². The summed E-state index contributed by atoms with van der Waals surface area (Å²) in [6.45, 7) is 1.56. The molecule has 26 heavy (non-hydrogen) atoms. The first kappa shape index (κ1) is 18.3. The molecule has 0 unspecified atom stereocenters. The van der Waals surface area contributed by atoms with Gasteiger partial charge in [-0.05, 0) is 42.5 Å². The first-order valence-corrected chi connectivity index (χ1v) is 9.42. The number of urea groups is 1. The number of phenolic OH excluding ortho intramolecular Hbond substituents is 1. The minimum absolute atomic E-state index is 0.0188. The van der Waals surface area contributed by atoms with E-state index in [1.807, 2.05) is 18.2 Å². The number of carbonyl (C=O) groups is 2. The number of carbonyl (C=O) groups excluding carboxylic acids is 2. The molecule has 3 rings (SSSR count). The molecule has 0 aromatic heterocycles. The Labute approximate surface area is 154 Å². The largest absolute Gasteiger partial charge is 0.508 e. The van der Waals surface area contributed by atoms with Gasteiger partial charge in [0.25, 0.3) is 0 Å². The number of hydrogen-bond acceptors (Lipinski definition) is 3. The van der Waals surface area contributed by atoms with E-state index in [1.165, 1.54) is 18.4 Å². The fourth-order valence-corrected chi connectivity index (χ4v) is 3.56. The number of nitrogens with zero attached hydrogens (tertiary/aromatic N) is 1. The molecular weight excluding hydrogens is 330 g/mol. The number of hydrogen-bond donors (Lipinski definition) is 3. The maximum atomic E-state index is 12.2. The lowest BCUT2D eigenvalue weighted by molar-refractivity contribution is -0.121. The highest BCUT2D eigenvalue weighted by molar-refractivity contribution is 5.79. The average molecular weight is 357 g/mol. The van der Waals surface area contributed by atoms with E-state index in [0.717, 1.165) is 24.8 Å². The Morgan fingerprint density at radius 2 is 1.88 bits per heavy atom. The van der Waals surface area contributed by atoms with Crippen LogP contribution in [0, 0.1) is 0 Å². The normalized spacial score (nSPS) is 17.7. The Morgan fingerprint density at radius 1 is 1.15 bits per heavy atom. The van der Waals surface area contributed by atoms with Crippen molar-refractivity contribution in [2.24, 2.45) is 0 Å². The third-order valence-electron chi connectivity index (χ3n) is 5.08. The highest BCUT2D eigenvalue weighted by Gasteiger charge is 2.19. The van der Waals surface area contributed by atoms with Crippen molar-refractivity contribution < 1.29 is 14.7 Å². The summed E-state index contributed by atoms with van der Waals surface area (Å²) in [4.78, 5) is 25.9. The number of aromatic hydroxyl groups is 1. The fraction of sp³-hybridized carbons (Fsp3) is 0.500. The SMILES string of the molecule is O=C(CCNC(=O)N1CC=C(c2ccc(O)cc2)CC1)NC1CCCC1. The lowest BCUT2D eigenvalue weighted by Crippen LogP contribution is -2.43. The van der Waals surface area contributed by atoms with Crippen LogP contribution in [0.4, 0.5) is 4.79 Å².